The van der Waals surface area contributed by atoms with Crippen LogP contribution in [0.15, 0.2) is 61.1 Å². The number of benzene rings is 1. The van der Waals surface area contributed by atoms with Gasteiger partial charge in [-0.3, -0.25) is 0 Å². The lowest BCUT2D eigenvalue weighted by Gasteiger charge is -2.09. The largest absolute Gasteiger partial charge is 0.334 e. The molecule has 7 heteroatoms. The van der Waals surface area contributed by atoms with Crippen molar-refractivity contribution >= 4 is 34.3 Å². The average Bonchev–Trinajstić information content (AvgIpc) is 3.10. The van der Waals surface area contributed by atoms with Crippen molar-refractivity contribution in [2.24, 2.45) is 0 Å². The summed E-state index contributed by atoms with van der Waals surface area (Å²) >= 11 is 2.18. The van der Waals surface area contributed by atoms with E-state index in [9.17, 15) is 4.79 Å². The number of hydrogen-bond acceptors (Lipinski definition) is 3. The molecule has 3 rings (SSSR count). The highest BCUT2D eigenvalue weighted by Crippen LogP contribution is 2.16. The first-order valence-electron chi connectivity index (χ1n) is 6.97. The van der Waals surface area contributed by atoms with Gasteiger partial charge in [-0.05, 0) is 58.5 Å². The first-order valence-corrected chi connectivity index (χ1v) is 8.04. The van der Waals surface area contributed by atoms with E-state index in [1.54, 1.807) is 17.1 Å². The van der Waals surface area contributed by atoms with Gasteiger partial charge in [0.05, 0.1) is 5.69 Å². The molecule has 2 N–H and O–H groups in total. The van der Waals surface area contributed by atoms with Gasteiger partial charge in [-0.15, -0.1) is 0 Å². The predicted molar refractivity (Wildman–Crippen MR) is 96.4 cm³/mol. The number of anilines is 1. The number of rotatable bonds is 4. The van der Waals surface area contributed by atoms with E-state index in [-0.39, 0.29) is 6.03 Å². The van der Waals surface area contributed by atoms with E-state index in [4.69, 9.17) is 0 Å². The Morgan fingerprint density at radius 3 is 2.83 bits per heavy atom. The third-order valence-corrected chi connectivity index (χ3v) is 4.06. The van der Waals surface area contributed by atoms with Crippen molar-refractivity contribution in [3.63, 3.8) is 0 Å². The summed E-state index contributed by atoms with van der Waals surface area (Å²) in [5.41, 5.74) is 1.74. The zero-order valence-electron chi connectivity index (χ0n) is 12.1. The standard InChI is InChI=1S/C16H14IN5O/c17-13-4-1-2-5-14(13)21-16(23)19-11-12-6-8-18-15(10-12)22-9-3-7-20-22/h1-10H,11H2,(H2,19,21,23). The van der Waals surface area contributed by atoms with Crippen molar-refractivity contribution in [3.05, 3.63) is 70.2 Å². The molecular weight excluding hydrogens is 405 g/mol. The van der Waals surface area contributed by atoms with E-state index < -0.39 is 0 Å². The second-order valence-electron chi connectivity index (χ2n) is 4.76. The van der Waals surface area contributed by atoms with Crippen molar-refractivity contribution in [1.82, 2.24) is 20.1 Å². The van der Waals surface area contributed by atoms with Gasteiger partial charge in [-0.2, -0.15) is 5.10 Å². The van der Waals surface area contributed by atoms with Gasteiger partial charge in [-0.1, -0.05) is 12.1 Å². The third kappa shape index (κ3) is 4.07. The smallest absolute Gasteiger partial charge is 0.319 e. The Kier molecular flexibility index (Phi) is 4.86. The van der Waals surface area contributed by atoms with Crippen molar-refractivity contribution in [1.29, 1.82) is 0 Å². The predicted octanol–water partition coefficient (Wildman–Crippen LogP) is 3.19. The van der Waals surface area contributed by atoms with Gasteiger partial charge in [0.15, 0.2) is 5.82 Å². The summed E-state index contributed by atoms with van der Waals surface area (Å²) in [6.07, 6.45) is 5.22. The molecule has 0 spiro atoms. The Morgan fingerprint density at radius 2 is 2.04 bits per heavy atom. The molecule has 0 saturated heterocycles. The van der Waals surface area contributed by atoms with Crippen molar-refractivity contribution in [2.75, 3.05) is 5.32 Å². The fourth-order valence-electron chi connectivity index (χ4n) is 2.01. The quantitative estimate of drug-likeness (QED) is 0.639. The van der Waals surface area contributed by atoms with E-state index >= 15 is 0 Å². The molecule has 0 atom stereocenters. The lowest BCUT2D eigenvalue weighted by Crippen LogP contribution is -2.28. The Bertz CT molecular complexity index is 804. The minimum absolute atomic E-state index is 0.244. The molecule has 23 heavy (non-hydrogen) atoms. The lowest BCUT2D eigenvalue weighted by molar-refractivity contribution is 0.251. The fraction of sp³-hybridized carbons (Fsp3) is 0.0625. The van der Waals surface area contributed by atoms with Crippen LogP contribution in [0.2, 0.25) is 0 Å². The SMILES string of the molecule is O=C(NCc1ccnc(-n2cccn2)c1)Nc1ccccc1I. The number of hydrogen-bond donors (Lipinski definition) is 2. The molecule has 0 fully saturated rings. The summed E-state index contributed by atoms with van der Waals surface area (Å²) in [7, 11) is 0. The molecule has 2 heterocycles. The molecule has 1 aromatic carbocycles. The zero-order valence-corrected chi connectivity index (χ0v) is 14.3. The molecule has 0 bridgehead atoms. The van der Waals surface area contributed by atoms with E-state index in [2.05, 4.69) is 43.3 Å². The minimum atomic E-state index is -0.244. The maximum atomic E-state index is 12.0. The minimum Gasteiger partial charge on any atom is -0.334 e. The van der Waals surface area contributed by atoms with Crippen molar-refractivity contribution in [2.45, 2.75) is 6.54 Å². The Balaban J connectivity index is 1.61. The molecule has 0 saturated carbocycles. The number of carbonyl (C=O) groups is 1. The molecule has 0 aliphatic rings. The van der Waals surface area contributed by atoms with E-state index in [0.29, 0.717) is 12.4 Å². The molecular formula is C16H14IN5O. The second kappa shape index (κ2) is 7.23. The number of carbonyl (C=O) groups excluding carboxylic acids is 1. The van der Waals surface area contributed by atoms with Crippen LogP contribution < -0.4 is 10.6 Å². The zero-order chi connectivity index (χ0) is 16.1. The normalized spacial score (nSPS) is 10.3. The van der Waals surface area contributed by atoms with Crippen LogP contribution in [0.3, 0.4) is 0 Å². The van der Waals surface area contributed by atoms with Crippen LogP contribution in [-0.2, 0) is 6.54 Å². The number of pyridine rings is 1. The number of aromatic nitrogens is 3. The molecule has 0 aliphatic carbocycles. The van der Waals surface area contributed by atoms with Gasteiger partial charge in [0.2, 0.25) is 0 Å². The van der Waals surface area contributed by atoms with Gasteiger partial charge in [-0.25, -0.2) is 14.5 Å². The topological polar surface area (TPSA) is 71.8 Å². The molecule has 0 unspecified atom stereocenters. The molecule has 6 nitrogen and oxygen atoms in total. The summed E-state index contributed by atoms with van der Waals surface area (Å²) in [4.78, 5) is 16.3. The van der Waals surface area contributed by atoms with Crippen LogP contribution >= 0.6 is 22.6 Å². The second-order valence-corrected chi connectivity index (χ2v) is 5.92. The van der Waals surface area contributed by atoms with Gasteiger partial charge in [0.25, 0.3) is 0 Å². The summed E-state index contributed by atoms with van der Waals surface area (Å²) in [5.74, 6) is 0.715. The highest BCUT2D eigenvalue weighted by molar-refractivity contribution is 14.1. The third-order valence-electron chi connectivity index (χ3n) is 3.12. The van der Waals surface area contributed by atoms with E-state index in [0.717, 1.165) is 14.8 Å². The van der Waals surface area contributed by atoms with Crippen LogP contribution in [0, 0.1) is 3.57 Å². The Labute approximate surface area is 147 Å². The number of halogens is 1. The van der Waals surface area contributed by atoms with Crippen LogP contribution in [0.25, 0.3) is 5.82 Å². The number of amides is 2. The summed E-state index contributed by atoms with van der Waals surface area (Å²) < 4.78 is 2.67. The van der Waals surface area contributed by atoms with Crippen LogP contribution in [0.5, 0.6) is 0 Å². The molecule has 0 radical (unpaired) electrons. The Morgan fingerprint density at radius 1 is 1.17 bits per heavy atom. The van der Waals surface area contributed by atoms with Crippen LogP contribution in [0.1, 0.15) is 5.56 Å². The van der Waals surface area contributed by atoms with Crippen molar-refractivity contribution in [3.8, 4) is 5.82 Å². The van der Waals surface area contributed by atoms with Crippen LogP contribution in [-0.4, -0.2) is 20.8 Å². The van der Waals surface area contributed by atoms with E-state index in [1.165, 1.54) is 0 Å². The monoisotopic (exact) mass is 419 g/mol. The number of para-hydroxylation sites is 1. The Hall–Kier alpha value is -2.42. The maximum Gasteiger partial charge on any atom is 0.319 e. The molecule has 2 amide bonds. The van der Waals surface area contributed by atoms with Gasteiger partial charge in [0.1, 0.15) is 0 Å². The number of nitrogens with one attached hydrogen (secondary N) is 2. The fourth-order valence-corrected chi connectivity index (χ4v) is 2.53. The highest BCUT2D eigenvalue weighted by atomic mass is 127. The lowest BCUT2D eigenvalue weighted by atomic mass is 10.2. The number of nitrogens with zero attached hydrogens (tertiary/aromatic N) is 3. The van der Waals surface area contributed by atoms with Crippen molar-refractivity contribution < 1.29 is 4.79 Å². The van der Waals surface area contributed by atoms with Crippen LogP contribution in [0.4, 0.5) is 10.5 Å². The summed E-state index contributed by atoms with van der Waals surface area (Å²) in [5, 5.41) is 9.81. The van der Waals surface area contributed by atoms with Gasteiger partial charge >= 0.3 is 6.03 Å². The van der Waals surface area contributed by atoms with E-state index in [1.807, 2.05) is 48.7 Å². The van der Waals surface area contributed by atoms with Gasteiger partial charge < -0.3 is 10.6 Å². The molecule has 0 aliphatic heterocycles. The molecule has 3 aromatic rings. The molecule has 2 aromatic heterocycles. The molecule has 116 valence electrons. The first kappa shape index (κ1) is 15.5. The summed E-state index contributed by atoms with van der Waals surface area (Å²) in [6, 6.07) is 13.0. The average molecular weight is 419 g/mol. The highest BCUT2D eigenvalue weighted by Gasteiger charge is 2.05. The first-order chi connectivity index (χ1) is 11.2. The summed E-state index contributed by atoms with van der Waals surface area (Å²) in [6.45, 7) is 0.409. The maximum absolute atomic E-state index is 12.0. The number of urea groups is 1. The van der Waals surface area contributed by atoms with Gasteiger partial charge in [0, 0.05) is 28.7 Å².